The highest BCUT2D eigenvalue weighted by Crippen LogP contribution is 2.33. The molecule has 1 atom stereocenters. The van der Waals surface area contributed by atoms with Gasteiger partial charge in [0.15, 0.2) is 0 Å². The molecule has 4 aromatic carbocycles. The summed E-state index contributed by atoms with van der Waals surface area (Å²) in [5.74, 6) is -0.442. The molecule has 2 amide bonds. The molecule has 0 aliphatic heterocycles. The van der Waals surface area contributed by atoms with Gasteiger partial charge in [0.05, 0.1) is 17.7 Å². The molecule has 0 fully saturated rings. The minimum absolute atomic E-state index is 0.0220. The van der Waals surface area contributed by atoms with E-state index in [1.807, 2.05) is 57.2 Å². The van der Waals surface area contributed by atoms with Crippen LogP contribution in [0.3, 0.4) is 0 Å². The number of amides is 2. The van der Waals surface area contributed by atoms with E-state index in [9.17, 15) is 18.0 Å². The Bertz CT molecular complexity index is 1730. The number of rotatable bonds is 14. The van der Waals surface area contributed by atoms with Crippen molar-refractivity contribution in [3.05, 3.63) is 125 Å². The zero-order valence-corrected chi connectivity index (χ0v) is 28.1. The Hall–Kier alpha value is -4.34. The summed E-state index contributed by atoms with van der Waals surface area (Å²) in [6.07, 6.45) is 0.219. The van der Waals surface area contributed by atoms with Crippen molar-refractivity contribution in [2.75, 3.05) is 24.5 Å². The molecular formula is C36H40ClN3O5S. The first-order valence-electron chi connectivity index (χ1n) is 15.1. The first-order chi connectivity index (χ1) is 22.0. The van der Waals surface area contributed by atoms with Crippen LogP contribution in [0, 0.1) is 12.8 Å². The molecule has 0 heterocycles. The lowest BCUT2D eigenvalue weighted by Crippen LogP contribution is -2.53. The molecule has 242 valence electrons. The molecule has 0 saturated heterocycles. The summed E-state index contributed by atoms with van der Waals surface area (Å²) in [5, 5.41) is 3.47. The van der Waals surface area contributed by atoms with Crippen molar-refractivity contribution in [3.8, 4) is 5.75 Å². The summed E-state index contributed by atoms with van der Waals surface area (Å²) in [6, 6.07) is 28.6. The molecule has 0 spiro atoms. The minimum Gasteiger partial charge on any atom is -0.495 e. The minimum atomic E-state index is -4.25. The lowest BCUT2D eigenvalue weighted by atomic mass is 10.0. The van der Waals surface area contributed by atoms with E-state index in [2.05, 4.69) is 5.32 Å². The van der Waals surface area contributed by atoms with Gasteiger partial charge in [0.25, 0.3) is 10.0 Å². The van der Waals surface area contributed by atoms with E-state index in [-0.39, 0.29) is 41.1 Å². The summed E-state index contributed by atoms with van der Waals surface area (Å²) in [7, 11) is -2.81. The van der Waals surface area contributed by atoms with Gasteiger partial charge in [-0.25, -0.2) is 8.42 Å². The van der Waals surface area contributed by atoms with Gasteiger partial charge in [-0.05, 0) is 60.4 Å². The summed E-state index contributed by atoms with van der Waals surface area (Å²) < 4.78 is 35.1. The smallest absolute Gasteiger partial charge is 0.264 e. The van der Waals surface area contributed by atoms with Gasteiger partial charge >= 0.3 is 0 Å². The number of para-hydroxylation sites is 2. The van der Waals surface area contributed by atoms with Gasteiger partial charge in [-0.1, -0.05) is 97.7 Å². The van der Waals surface area contributed by atoms with E-state index in [0.717, 1.165) is 15.4 Å². The number of aryl methyl sites for hydroxylation is 1. The van der Waals surface area contributed by atoms with Crippen LogP contribution >= 0.6 is 11.6 Å². The molecule has 1 N–H and O–H groups in total. The Kier molecular flexibility index (Phi) is 11.8. The highest BCUT2D eigenvalue weighted by atomic mass is 35.5. The fraction of sp³-hybridized carbons (Fsp3) is 0.278. The van der Waals surface area contributed by atoms with Gasteiger partial charge in [-0.3, -0.25) is 13.9 Å². The molecule has 0 aromatic heterocycles. The van der Waals surface area contributed by atoms with Crippen molar-refractivity contribution in [2.45, 2.75) is 44.7 Å². The van der Waals surface area contributed by atoms with Crippen molar-refractivity contribution in [3.63, 3.8) is 0 Å². The molecule has 8 nitrogen and oxygen atoms in total. The number of carbonyl (C=O) groups excluding carboxylic acids is 2. The Morgan fingerprint density at radius 3 is 2.17 bits per heavy atom. The van der Waals surface area contributed by atoms with Crippen LogP contribution in [-0.2, 0) is 32.6 Å². The predicted molar refractivity (Wildman–Crippen MR) is 182 cm³/mol. The summed E-state index contributed by atoms with van der Waals surface area (Å²) >= 11 is 6.32. The third kappa shape index (κ3) is 8.89. The lowest BCUT2D eigenvalue weighted by molar-refractivity contribution is -0.140. The van der Waals surface area contributed by atoms with Crippen LogP contribution in [0.4, 0.5) is 5.69 Å². The number of sulfonamides is 1. The average molecular weight is 662 g/mol. The zero-order chi connectivity index (χ0) is 33.3. The maximum absolute atomic E-state index is 14.6. The third-order valence-corrected chi connectivity index (χ3v) is 9.45. The van der Waals surface area contributed by atoms with E-state index >= 15 is 0 Å². The highest BCUT2D eigenvalue weighted by molar-refractivity contribution is 7.92. The first kappa shape index (κ1) is 34.5. The van der Waals surface area contributed by atoms with Gasteiger partial charge in [0, 0.05) is 24.5 Å². The van der Waals surface area contributed by atoms with E-state index < -0.39 is 28.5 Å². The molecule has 0 unspecified atom stereocenters. The zero-order valence-electron chi connectivity index (χ0n) is 26.5. The number of nitrogens with zero attached hydrogens (tertiary/aromatic N) is 2. The summed E-state index contributed by atoms with van der Waals surface area (Å²) in [5.41, 5.74) is 2.64. The molecule has 4 rings (SSSR count). The molecule has 0 aliphatic rings. The number of hydrogen-bond acceptors (Lipinski definition) is 5. The Labute approximate surface area is 277 Å². The molecule has 4 aromatic rings. The van der Waals surface area contributed by atoms with Crippen LogP contribution in [0.5, 0.6) is 5.75 Å². The molecule has 0 saturated carbocycles. The quantitative estimate of drug-likeness (QED) is 0.172. The van der Waals surface area contributed by atoms with E-state index in [1.54, 1.807) is 54.6 Å². The van der Waals surface area contributed by atoms with E-state index in [4.69, 9.17) is 16.3 Å². The van der Waals surface area contributed by atoms with Crippen LogP contribution in [-0.4, -0.2) is 51.4 Å². The fourth-order valence-corrected chi connectivity index (χ4v) is 6.63. The second kappa shape index (κ2) is 15.8. The normalized spacial score (nSPS) is 12.0. The van der Waals surface area contributed by atoms with E-state index in [1.165, 1.54) is 24.1 Å². The monoisotopic (exact) mass is 661 g/mol. The molecular weight excluding hydrogens is 622 g/mol. The van der Waals surface area contributed by atoms with Crippen molar-refractivity contribution in [1.29, 1.82) is 0 Å². The van der Waals surface area contributed by atoms with Crippen molar-refractivity contribution in [1.82, 2.24) is 10.2 Å². The largest absolute Gasteiger partial charge is 0.495 e. The van der Waals surface area contributed by atoms with Gasteiger partial charge in [0.2, 0.25) is 11.8 Å². The molecule has 0 aliphatic carbocycles. The number of ether oxygens (including phenoxy) is 1. The average Bonchev–Trinajstić information content (AvgIpc) is 3.04. The topological polar surface area (TPSA) is 96.0 Å². The van der Waals surface area contributed by atoms with Crippen LogP contribution in [0.25, 0.3) is 0 Å². The number of carbonyl (C=O) groups is 2. The number of nitrogens with one attached hydrogen (secondary N) is 1. The SMILES string of the molecule is COc1ccccc1N(CC(=O)N(Cc1cccc(Cl)c1)[C@H](Cc1ccccc1)C(=O)NCC(C)C)S(=O)(=O)c1ccc(C)cc1. The Balaban J connectivity index is 1.83. The van der Waals surface area contributed by atoms with Crippen molar-refractivity contribution >= 4 is 39.1 Å². The predicted octanol–water partition coefficient (Wildman–Crippen LogP) is 6.26. The van der Waals surface area contributed by atoms with Crippen LogP contribution in [0.15, 0.2) is 108 Å². The second-order valence-corrected chi connectivity index (χ2v) is 13.8. The Morgan fingerprint density at radius 1 is 0.870 bits per heavy atom. The standard InChI is InChI=1S/C36H40ClN3O5S/c1-26(2)23-38-36(42)33(22-28-11-6-5-7-12-28)39(24-29-13-10-14-30(37)21-29)35(41)25-40(32-15-8-9-16-34(32)45-4)46(43,44)31-19-17-27(3)18-20-31/h5-21,26,33H,22-25H2,1-4H3,(H,38,42)/t33-/m1/s1. The first-order valence-corrected chi connectivity index (χ1v) is 16.9. The Morgan fingerprint density at radius 2 is 1.52 bits per heavy atom. The van der Waals surface area contributed by atoms with Gasteiger partial charge in [-0.15, -0.1) is 0 Å². The number of benzene rings is 4. The number of methoxy groups -OCH3 is 1. The maximum Gasteiger partial charge on any atom is 0.264 e. The van der Waals surface area contributed by atoms with Gasteiger partial charge in [-0.2, -0.15) is 0 Å². The maximum atomic E-state index is 14.6. The summed E-state index contributed by atoms with van der Waals surface area (Å²) in [6.45, 7) is 5.70. The van der Waals surface area contributed by atoms with Crippen LogP contribution < -0.4 is 14.4 Å². The van der Waals surface area contributed by atoms with Crippen LogP contribution in [0.2, 0.25) is 5.02 Å². The molecule has 10 heteroatoms. The molecule has 46 heavy (non-hydrogen) atoms. The van der Waals surface area contributed by atoms with Crippen molar-refractivity contribution < 1.29 is 22.7 Å². The molecule has 0 radical (unpaired) electrons. The lowest BCUT2D eigenvalue weighted by Gasteiger charge is -2.34. The van der Waals surface area contributed by atoms with Gasteiger partial charge < -0.3 is 15.0 Å². The molecule has 0 bridgehead atoms. The van der Waals surface area contributed by atoms with Crippen molar-refractivity contribution in [2.24, 2.45) is 5.92 Å². The number of hydrogen-bond donors (Lipinski definition) is 1. The van der Waals surface area contributed by atoms with E-state index in [0.29, 0.717) is 17.1 Å². The third-order valence-electron chi connectivity index (χ3n) is 7.44. The van der Waals surface area contributed by atoms with Crippen LogP contribution in [0.1, 0.15) is 30.5 Å². The summed E-state index contributed by atoms with van der Waals surface area (Å²) in [4.78, 5) is 29.9. The number of halogens is 1. The highest BCUT2D eigenvalue weighted by Gasteiger charge is 2.35. The van der Waals surface area contributed by atoms with Gasteiger partial charge in [0.1, 0.15) is 18.3 Å². The second-order valence-electron chi connectivity index (χ2n) is 11.5. The number of anilines is 1. The fourth-order valence-electron chi connectivity index (χ4n) is 5.00.